The lowest BCUT2D eigenvalue weighted by Gasteiger charge is -2.34. The van der Waals surface area contributed by atoms with Crippen molar-refractivity contribution in [2.45, 2.75) is 70.8 Å². The molecule has 9 heteroatoms. The molecule has 0 aromatic heterocycles. The molecule has 2 aliphatic carbocycles. The number of carbonyl (C=O) groups is 5. The molecule has 1 heterocycles. The maximum Gasteiger partial charge on any atom is 0.334 e. The number of nitrogens with one attached hydrogen (secondary N) is 2. The molecule has 0 unspecified atom stereocenters. The van der Waals surface area contributed by atoms with Crippen LogP contribution in [0.15, 0.2) is 11.6 Å². The average Bonchev–Trinajstić information content (AvgIpc) is 2.92. The van der Waals surface area contributed by atoms with Gasteiger partial charge in [-0.25, -0.2) is 14.5 Å². The summed E-state index contributed by atoms with van der Waals surface area (Å²) in [6.07, 6.45) is 10.8. The molecule has 0 bridgehead atoms. The monoisotopic (exact) mass is 418 g/mol. The van der Waals surface area contributed by atoms with Crippen LogP contribution < -0.4 is 10.6 Å². The van der Waals surface area contributed by atoms with Gasteiger partial charge in [0.05, 0.1) is 0 Å². The molecule has 9 nitrogen and oxygen atoms in total. The zero-order valence-corrected chi connectivity index (χ0v) is 17.4. The molecule has 0 aromatic carbocycles. The largest absolute Gasteiger partial charge is 0.337 e. The Hall–Kier alpha value is -2.71. The molecule has 1 saturated carbocycles. The number of rotatable bonds is 6. The summed E-state index contributed by atoms with van der Waals surface area (Å²) >= 11 is 0. The molecule has 1 saturated heterocycles. The molecule has 164 valence electrons. The van der Waals surface area contributed by atoms with Crippen molar-refractivity contribution in [1.82, 2.24) is 20.4 Å². The lowest BCUT2D eigenvalue weighted by molar-refractivity contribution is -0.145. The van der Waals surface area contributed by atoms with Crippen molar-refractivity contribution in [3.05, 3.63) is 11.6 Å². The third kappa shape index (κ3) is 5.06. The minimum absolute atomic E-state index is 0.110. The standard InChI is InChI=1S/C21H30N4O5/c1-14-7-5-6-10-16(14)25-19(28)18(27)24(21(25)30)13-17(26)23-20(29)22-12-11-15-8-3-2-4-9-15/h8,14,16H,2-7,9-13H2,1H3,(H2,22,23,26,29)/t14-,16+/m1/s1. The van der Waals surface area contributed by atoms with Crippen LogP contribution in [0.3, 0.4) is 0 Å². The summed E-state index contributed by atoms with van der Waals surface area (Å²) in [7, 11) is 0. The Morgan fingerprint density at radius 3 is 2.53 bits per heavy atom. The third-order valence-electron chi connectivity index (χ3n) is 6.15. The first-order valence-electron chi connectivity index (χ1n) is 10.8. The van der Waals surface area contributed by atoms with E-state index in [2.05, 4.69) is 16.7 Å². The highest BCUT2D eigenvalue weighted by molar-refractivity contribution is 6.45. The maximum absolute atomic E-state index is 12.7. The van der Waals surface area contributed by atoms with Crippen molar-refractivity contribution in [2.24, 2.45) is 5.92 Å². The second kappa shape index (κ2) is 9.86. The second-order valence-electron chi connectivity index (χ2n) is 8.34. The van der Waals surface area contributed by atoms with Crippen LogP contribution in [0.2, 0.25) is 0 Å². The quantitative estimate of drug-likeness (QED) is 0.389. The van der Waals surface area contributed by atoms with Gasteiger partial charge in [-0.1, -0.05) is 31.4 Å². The van der Waals surface area contributed by atoms with Crippen LogP contribution in [0.25, 0.3) is 0 Å². The van der Waals surface area contributed by atoms with Crippen molar-refractivity contribution in [1.29, 1.82) is 0 Å². The number of allylic oxidation sites excluding steroid dienone is 1. The average molecular weight is 418 g/mol. The first-order valence-corrected chi connectivity index (χ1v) is 10.8. The van der Waals surface area contributed by atoms with Gasteiger partial charge in [-0.15, -0.1) is 0 Å². The molecule has 0 radical (unpaired) electrons. The van der Waals surface area contributed by atoms with E-state index < -0.39 is 36.3 Å². The number of nitrogens with zero attached hydrogens (tertiary/aromatic N) is 2. The Morgan fingerprint density at radius 1 is 1.07 bits per heavy atom. The van der Waals surface area contributed by atoms with E-state index in [1.807, 2.05) is 6.92 Å². The van der Waals surface area contributed by atoms with Gasteiger partial charge in [0.1, 0.15) is 6.54 Å². The highest BCUT2D eigenvalue weighted by Gasteiger charge is 2.49. The topological polar surface area (TPSA) is 116 Å². The Kier molecular flexibility index (Phi) is 7.23. The van der Waals surface area contributed by atoms with Gasteiger partial charge in [0.2, 0.25) is 5.91 Å². The lowest BCUT2D eigenvalue weighted by Crippen LogP contribution is -2.48. The van der Waals surface area contributed by atoms with Crippen LogP contribution in [-0.2, 0) is 14.4 Å². The molecule has 0 aromatic rings. The molecule has 2 N–H and O–H groups in total. The van der Waals surface area contributed by atoms with E-state index in [1.54, 1.807) is 0 Å². The first-order chi connectivity index (χ1) is 14.4. The fourth-order valence-corrected chi connectivity index (χ4v) is 4.46. The number of urea groups is 2. The predicted molar refractivity (Wildman–Crippen MR) is 108 cm³/mol. The van der Waals surface area contributed by atoms with Crippen molar-refractivity contribution in [3.8, 4) is 0 Å². The zero-order chi connectivity index (χ0) is 21.7. The van der Waals surface area contributed by atoms with Crippen molar-refractivity contribution in [3.63, 3.8) is 0 Å². The minimum Gasteiger partial charge on any atom is -0.337 e. The van der Waals surface area contributed by atoms with Gasteiger partial charge in [0.15, 0.2) is 0 Å². The van der Waals surface area contributed by atoms with E-state index in [9.17, 15) is 24.0 Å². The second-order valence-corrected chi connectivity index (χ2v) is 8.34. The molecular formula is C21H30N4O5. The minimum atomic E-state index is -1.02. The van der Waals surface area contributed by atoms with Crippen LogP contribution in [0.1, 0.15) is 64.7 Å². The molecular weight excluding hydrogens is 388 g/mol. The van der Waals surface area contributed by atoms with Crippen LogP contribution in [0, 0.1) is 5.92 Å². The Balaban J connectivity index is 1.48. The summed E-state index contributed by atoms with van der Waals surface area (Å²) in [6.45, 7) is 1.70. The Labute approximate surface area is 176 Å². The van der Waals surface area contributed by atoms with E-state index in [1.165, 1.54) is 12.0 Å². The molecule has 2 atom stereocenters. The SMILES string of the molecule is C[C@@H]1CCCC[C@@H]1N1C(=O)C(=O)N(CC(=O)NC(=O)NCCC2=CCCCC2)C1=O. The number of imide groups is 3. The fourth-order valence-electron chi connectivity index (χ4n) is 4.46. The van der Waals surface area contributed by atoms with Crippen molar-refractivity contribution >= 4 is 29.8 Å². The summed E-state index contributed by atoms with van der Waals surface area (Å²) in [5.41, 5.74) is 1.30. The number of hydrogen-bond donors (Lipinski definition) is 2. The number of hydrogen-bond acceptors (Lipinski definition) is 5. The van der Waals surface area contributed by atoms with Crippen LogP contribution in [0.4, 0.5) is 9.59 Å². The number of carbonyl (C=O) groups excluding carboxylic acids is 5. The summed E-state index contributed by atoms with van der Waals surface area (Å²) in [5, 5.41) is 4.73. The Bertz CT molecular complexity index is 762. The van der Waals surface area contributed by atoms with E-state index in [-0.39, 0.29) is 12.0 Å². The van der Waals surface area contributed by atoms with Gasteiger partial charge in [-0.3, -0.25) is 24.6 Å². The highest BCUT2D eigenvalue weighted by atomic mass is 16.2. The first kappa shape index (κ1) is 22.0. The highest BCUT2D eigenvalue weighted by Crippen LogP contribution is 2.31. The molecule has 3 aliphatic rings. The fraction of sp³-hybridized carbons (Fsp3) is 0.667. The van der Waals surface area contributed by atoms with E-state index in [0.29, 0.717) is 17.9 Å². The molecule has 7 amide bonds. The van der Waals surface area contributed by atoms with Gasteiger partial charge >= 0.3 is 23.9 Å². The van der Waals surface area contributed by atoms with Gasteiger partial charge in [0, 0.05) is 12.6 Å². The Morgan fingerprint density at radius 2 is 1.83 bits per heavy atom. The molecule has 30 heavy (non-hydrogen) atoms. The molecule has 0 spiro atoms. The summed E-state index contributed by atoms with van der Waals surface area (Å²) in [6, 6.07) is -1.78. The maximum atomic E-state index is 12.7. The lowest BCUT2D eigenvalue weighted by atomic mass is 9.85. The van der Waals surface area contributed by atoms with E-state index in [0.717, 1.165) is 49.8 Å². The predicted octanol–water partition coefficient (Wildman–Crippen LogP) is 2.07. The smallest absolute Gasteiger partial charge is 0.334 e. The van der Waals surface area contributed by atoms with Gasteiger partial charge in [0.25, 0.3) is 0 Å². The van der Waals surface area contributed by atoms with Gasteiger partial charge in [-0.2, -0.15) is 0 Å². The normalized spacial score (nSPS) is 24.7. The summed E-state index contributed by atoms with van der Waals surface area (Å²) < 4.78 is 0. The van der Waals surface area contributed by atoms with E-state index >= 15 is 0 Å². The third-order valence-corrected chi connectivity index (χ3v) is 6.15. The van der Waals surface area contributed by atoms with Gasteiger partial charge < -0.3 is 5.32 Å². The van der Waals surface area contributed by atoms with Crippen LogP contribution in [0.5, 0.6) is 0 Å². The van der Waals surface area contributed by atoms with Crippen molar-refractivity contribution < 1.29 is 24.0 Å². The van der Waals surface area contributed by atoms with Crippen molar-refractivity contribution in [2.75, 3.05) is 13.1 Å². The molecule has 1 aliphatic heterocycles. The van der Waals surface area contributed by atoms with Gasteiger partial charge in [-0.05, 0) is 50.9 Å². The summed E-state index contributed by atoms with van der Waals surface area (Å²) in [5.74, 6) is -2.61. The molecule has 3 rings (SSSR count). The summed E-state index contributed by atoms with van der Waals surface area (Å²) in [4.78, 5) is 63.0. The van der Waals surface area contributed by atoms with Crippen LogP contribution in [-0.4, -0.2) is 58.7 Å². The van der Waals surface area contributed by atoms with E-state index in [4.69, 9.17) is 0 Å². The van der Waals surface area contributed by atoms with Crippen LogP contribution >= 0.6 is 0 Å². The molecule has 2 fully saturated rings. The zero-order valence-electron chi connectivity index (χ0n) is 17.4. The number of amides is 7.